The van der Waals surface area contributed by atoms with Crippen molar-refractivity contribution in [1.82, 2.24) is 20.3 Å². The number of alkyl halides is 1. The van der Waals surface area contributed by atoms with E-state index in [0.29, 0.717) is 36.0 Å². The Bertz CT molecular complexity index is 1210. The summed E-state index contributed by atoms with van der Waals surface area (Å²) in [5.74, 6) is -1.53. The van der Waals surface area contributed by atoms with Gasteiger partial charge in [-0.3, -0.25) is 0 Å². The van der Waals surface area contributed by atoms with Crippen molar-refractivity contribution < 1.29 is 17.9 Å². The summed E-state index contributed by atoms with van der Waals surface area (Å²) in [4.78, 5) is 15.5. The van der Waals surface area contributed by atoms with E-state index >= 15 is 0 Å². The number of halogens is 3. The molecule has 2 aromatic heterocycles. The number of hydrogen-bond donors (Lipinski definition) is 2. The maximum Gasteiger partial charge on any atom is 0.202 e. The number of pyridine rings is 1. The molecule has 0 radical (unpaired) electrons. The predicted molar refractivity (Wildman–Crippen MR) is 118 cm³/mol. The number of ether oxygens (including phenoxy) is 1. The van der Waals surface area contributed by atoms with Gasteiger partial charge in [-0.05, 0) is 49.9 Å². The molecule has 1 unspecified atom stereocenters. The molecule has 0 amide bonds. The summed E-state index contributed by atoms with van der Waals surface area (Å²) in [5, 5.41) is 6.36. The lowest BCUT2D eigenvalue weighted by Gasteiger charge is -2.46. The Hall–Kier alpha value is -3.14. The van der Waals surface area contributed by atoms with Crippen molar-refractivity contribution in [3.63, 3.8) is 0 Å². The first-order chi connectivity index (χ1) is 16.0. The molecule has 3 aliphatic heterocycles. The molecule has 0 spiro atoms. The molecular formula is C23H23F3N6O. The van der Waals surface area contributed by atoms with Crippen LogP contribution in [0, 0.1) is 11.6 Å². The summed E-state index contributed by atoms with van der Waals surface area (Å²) >= 11 is 0. The number of fused-ring (bicyclic) bond motifs is 4. The van der Waals surface area contributed by atoms with Gasteiger partial charge in [0.1, 0.15) is 29.9 Å². The molecule has 3 saturated heterocycles. The Kier molecular flexibility index (Phi) is 4.79. The number of nitrogens with zero attached hydrogens (tertiary/aromatic N) is 4. The lowest BCUT2D eigenvalue weighted by Crippen LogP contribution is -2.61. The number of aromatic nitrogens is 3. The van der Waals surface area contributed by atoms with Crippen molar-refractivity contribution in [1.29, 1.82) is 0 Å². The number of piperazine rings is 1. The molecule has 7 nitrogen and oxygen atoms in total. The molecule has 2 N–H and O–H groups in total. The highest BCUT2D eigenvalue weighted by molar-refractivity contribution is 5.88. The molecule has 2 atom stereocenters. The van der Waals surface area contributed by atoms with Gasteiger partial charge in [-0.1, -0.05) is 0 Å². The van der Waals surface area contributed by atoms with Crippen LogP contribution in [0.5, 0.6) is 5.75 Å². The van der Waals surface area contributed by atoms with E-state index in [2.05, 4.69) is 25.5 Å². The fraction of sp³-hybridized carbons (Fsp3) is 0.435. The first kappa shape index (κ1) is 20.5. The third kappa shape index (κ3) is 3.82. The lowest BCUT2D eigenvalue weighted by molar-refractivity contribution is 0.171. The van der Waals surface area contributed by atoms with Crippen LogP contribution in [0.15, 0.2) is 30.6 Å². The van der Waals surface area contributed by atoms with Gasteiger partial charge in [-0.25, -0.2) is 23.7 Å². The van der Waals surface area contributed by atoms with Crippen molar-refractivity contribution in [2.24, 2.45) is 0 Å². The number of benzene rings is 1. The van der Waals surface area contributed by atoms with Crippen LogP contribution in [0.2, 0.25) is 0 Å². The fourth-order valence-corrected chi connectivity index (χ4v) is 4.53. The van der Waals surface area contributed by atoms with Gasteiger partial charge in [0.15, 0.2) is 17.4 Å². The Balaban J connectivity index is 1.29. The monoisotopic (exact) mass is 456 g/mol. The van der Waals surface area contributed by atoms with Crippen molar-refractivity contribution in [2.45, 2.75) is 43.4 Å². The van der Waals surface area contributed by atoms with Crippen LogP contribution in [0.25, 0.3) is 11.0 Å². The predicted octanol–water partition coefficient (Wildman–Crippen LogP) is 3.87. The van der Waals surface area contributed by atoms with Gasteiger partial charge < -0.3 is 20.3 Å². The minimum Gasteiger partial charge on any atom is -0.487 e. The van der Waals surface area contributed by atoms with Crippen LogP contribution in [-0.4, -0.2) is 52.4 Å². The highest BCUT2D eigenvalue weighted by atomic mass is 19.2. The molecule has 33 heavy (non-hydrogen) atoms. The van der Waals surface area contributed by atoms with Gasteiger partial charge in [0, 0.05) is 25.2 Å². The Morgan fingerprint density at radius 2 is 2.00 bits per heavy atom. The second kappa shape index (κ2) is 7.72. The molecule has 172 valence electrons. The lowest BCUT2D eigenvalue weighted by atomic mass is 9.93. The summed E-state index contributed by atoms with van der Waals surface area (Å²) in [7, 11) is 0. The maximum atomic E-state index is 14.8. The Labute approximate surface area is 188 Å². The molecule has 3 aromatic rings. The average molecular weight is 456 g/mol. The SMILES string of the molecule is Fc1c(Nc2ncnc3ccc(N4C[C@@H]5CCC4CN5)nc23)ccc(OCC2(F)CC2)c1F. The van der Waals surface area contributed by atoms with Crippen LogP contribution in [-0.2, 0) is 0 Å². The zero-order valence-corrected chi connectivity index (χ0v) is 17.8. The van der Waals surface area contributed by atoms with Gasteiger partial charge in [-0.2, -0.15) is 4.39 Å². The van der Waals surface area contributed by atoms with Crippen molar-refractivity contribution >= 4 is 28.4 Å². The van der Waals surface area contributed by atoms with E-state index in [1.54, 1.807) is 0 Å². The fourth-order valence-electron chi connectivity index (χ4n) is 4.53. The van der Waals surface area contributed by atoms with Gasteiger partial charge in [-0.15, -0.1) is 0 Å². The van der Waals surface area contributed by atoms with E-state index in [1.165, 1.54) is 18.5 Å². The molecular weight excluding hydrogens is 433 g/mol. The average Bonchev–Trinajstić information content (AvgIpc) is 3.59. The van der Waals surface area contributed by atoms with Crippen LogP contribution < -0.4 is 20.3 Å². The van der Waals surface area contributed by atoms with E-state index in [-0.39, 0.29) is 23.9 Å². The quantitative estimate of drug-likeness (QED) is 0.583. The molecule has 1 aromatic carbocycles. The molecule has 2 bridgehead atoms. The zero-order valence-electron chi connectivity index (χ0n) is 17.8. The van der Waals surface area contributed by atoms with Gasteiger partial charge in [0.05, 0.1) is 11.2 Å². The topological polar surface area (TPSA) is 75.2 Å². The zero-order chi connectivity index (χ0) is 22.6. The summed E-state index contributed by atoms with van der Waals surface area (Å²) in [6.45, 7) is 1.51. The Morgan fingerprint density at radius 3 is 2.73 bits per heavy atom. The van der Waals surface area contributed by atoms with E-state index in [4.69, 9.17) is 9.72 Å². The van der Waals surface area contributed by atoms with E-state index in [9.17, 15) is 13.2 Å². The smallest absolute Gasteiger partial charge is 0.202 e. The summed E-state index contributed by atoms with van der Waals surface area (Å²) < 4.78 is 48.2. The highest BCUT2D eigenvalue weighted by Gasteiger charge is 2.44. The number of rotatable bonds is 6. The summed E-state index contributed by atoms with van der Waals surface area (Å²) in [6, 6.07) is 7.24. The van der Waals surface area contributed by atoms with Crippen LogP contribution in [0.1, 0.15) is 25.7 Å². The third-order valence-electron chi connectivity index (χ3n) is 6.69. The van der Waals surface area contributed by atoms with E-state index in [1.807, 2.05) is 12.1 Å². The molecule has 10 heteroatoms. The number of anilines is 3. The van der Waals surface area contributed by atoms with Crippen molar-refractivity contribution in [3.8, 4) is 5.75 Å². The summed E-state index contributed by atoms with van der Waals surface area (Å²) in [5.41, 5.74) is -0.477. The second-order valence-corrected chi connectivity index (χ2v) is 9.05. The van der Waals surface area contributed by atoms with Gasteiger partial charge >= 0.3 is 0 Å². The first-order valence-electron chi connectivity index (χ1n) is 11.2. The molecule has 5 heterocycles. The molecule has 4 fully saturated rings. The molecule has 1 saturated carbocycles. The minimum atomic E-state index is -1.42. The van der Waals surface area contributed by atoms with Gasteiger partial charge in [0.2, 0.25) is 5.82 Å². The minimum absolute atomic E-state index is 0.116. The number of piperidine rings is 2. The van der Waals surface area contributed by atoms with Crippen molar-refractivity contribution in [3.05, 3.63) is 42.2 Å². The number of nitrogens with one attached hydrogen (secondary N) is 2. The Morgan fingerprint density at radius 1 is 1.12 bits per heavy atom. The van der Waals surface area contributed by atoms with Crippen LogP contribution in [0.3, 0.4) is 0 Å². The first-order valence-corrected chi connectivity index (χ1v) is 11.2. The largest absolute Gasteiger partial charge is 0.487 e. The summed E-state index contributed by atoms with van der Waals surface area (Å²) in [6.07, 6.45) is 4.36. The number of hydrogen-bond acceptors (Lipinski definition) is 7. The van der Waals surface area contributed by atoms with E-state index in [0.717, 1.165) is 31.7 Å². The normalized spacial score (nSPS) is 23.1. The van der Waals surface area contributed by atoms with Crippen LogP contribution >= 0.6 is 0 Å². The molecule has 1 aliphatic carbocycles. The van der Waals surface area contributed by atoms with E-state index < -0.39 is 17.3 Å². The van der Waals surface area contributed by atoms with Crippen LogP contribution in [0.4, 0.5) is 30.5 Å². The third-order valence-corrected chi connectivity index (χ3v) is 6.69. The second-order valence-electron chi connectivity index (χ2n) is 9.05. The highest BCUT2D eigenvalue weighted by Crippen LogP contribution is 2.40. The molecule has 7 rings (SSSR count). The molecule has 4 aliphatic rings. The standard InChI is InChI=1S/C23H23F3N6O/c24-19-15(3-5-17(20(19)25)33-11-23(26)7-8-23)30-22-21-16(28-12-29-22)4-6-18(31-21)32-10-13-1-2-14(32)9-27-13/h3-6,12-14,27H,1-2,7-11H2,(H,28,29,30)/t13-,14?/m0/s1. The van der Waals surface area contributed by atoms with Crippen molar-refractivity contribution in [2.75, 3.05) is 29.9 Å². The maximum absolute atomic E-state index is 14.8. The van der Waals surface area contributed by atoms with Gasteiger partial charge in [0.25, 0.3) is 0 Å².